The van der Waals surface area contributed by atoms with Crippen LogP contribution in [0.2, 0.25) is 0 Å². The maximum Gasteiger partial charge on any atom is 0.329 e. The number of imidazole rings is 1. The Kier molecular flexibility index (Phi) is 3.79. The molecule has 0 radical (unpaired) electrons. The largest absolute Gasteiger partial charge is 0.369 e. The van der Waals surface area contributed by atoms with Crippen LogP contribution in [-0.2, 0) is 18.4 Å². The molecule has 9 heteroatoms. The molecule has 106 valence electrons. The van der Waals surface area contributed by atoms with Crippen molar-refractivity contribution in [1.82, 2.24) is 19.1 Å². The van der Waals surface area contributed by atoms with E-state index in [0.29, 0.717) is 11.7 Å². The number of allylic oxidation sites excluding steroid dienone is 1. The first-order chi connectivity index (χ1) is 9.45. The van der Waals surface area contributed by atoms with Crippen molar-refractivity contribution in [3.8, 4) is 0 Å². The molecule has 0 saturated carbocycles. The van der Waals surface area contributed by atoms with Gasteiger partial charge in [-0.3, -0.25) is 19.1 Å². The first-order valence-electron chi connectivity index (χ1n) is 5.67. The van der Waals surface area contributed by atoms with Crippen molar-refractivity contribution in [2.24, 2.45) is 12.8 Å². The minimum Gasteiger partial charge on any atom is -0.369 e. The fourth-order valence-electron chi connectivity index (χ4n) is 1.76. The zero-order valence-electron chi connectivity index (χ0n) is 10.8. The van der Waals surface area contributed by atoms with Crippen molar-refractivity contribution in [2.75, 3.05) is 5.75 Å². The summed E-state index contributed by atoms with van der Waals surface area (Å²) in [6, 6.07) is 0. The van der Waals surface area contributed by atoms with E-state index in [9.17, 15) is 14.4 Å². The van der Waals surface area contributed by atoms with E-state index in [1.165, 1.54) is 11.6 Å². The van der Waals surface area contributed by atoms with E-state index >= 15 is 0 Å². The Bertz CT molecular complexity index is 801. The first kappa shape index (κ1) is 14.1. The number of nitrogens with two attached hydrogens (primary N) is 1. The quantitative estimate of drug-likeness (QED) is 0.552. The number of fused-ring (bicyclic) bond motifs is 1. The van der Waals surface area contributed by atoms with E-state index in [4.69, 9.17) is 5.73 Å². The van der Waals surface area contributed by atoms with Gasteiger partial charge in [0.2, 0.25) is 5.91 Å². The third-order valence-corrected chi connectivity index (χ3v) is 3.63. The zero-order chi connectivity index (χ0) is 14.9. The Hall–Kier alpha value is -2.29. The molecule has 0 fully saturated rings. The molecule has 2 rings (SSSR count). The molecule has 0 unspecified atom stereocenters. The molecule has 2 aromatic heterocycles. The van der Waals surface area contributed by atoms with Crippen LogP contribution in [0.1, 0.15) is 0 Å². The van der Waals surface area contributed by atoms with Crippen molar-refractivity contribution < 1.29 is 4.79 Å². The van der Waals surface area contributed by atoms with Crippen LogP contribution in [0.5, 0.6) is 0 Å². The Morgan fingerprint density at radius 3 is 2.85 bits per heavy atom. The van der Waals surface area contributed by atoms with E-state index < -0.39 is 17.2 Å². The lowest BCUT2D eigenvalue weighted by Crippen LogP contribution is -2.29. The van der Waals surface area contributed by atoms with Gasteiger partial charge in [0.25, 0.3) is 5.56 Å². The van der Waals surface area contributed by atoms with Gasteiger partial charge in [-0.2, -0.15) is 0 Å². The van der Waals surface area contributed by atoms with Gasteiger partial charge in [-0.15, -0.1) is 6.58 Å². The van der Waals surface area contributed by atoms with Crippen molar-refractivity contribution in [3.63, 3.8) is 0 Å². The molecule has 0 aromatic carbocycles. The second-order valence-corrected chi connectivity index (χ2v) is 4.98. The van der Waals surface area contributed by atoms with Crippen LogP contribution in [0.15, 0.2) is 27.4 Å². The summed E-state index contributed by atoms with van der Waals surface area (Å²) in [5.74, 6) is -0.457. The van der Waals surface area contributed by atoms with Crippen LogP contribution in [0.3, 0.4) is 0 Å². The van der Waals surface area contributed by atoms with Gasteiger partial charge in [-0.05, 0) is 0 Å². The summed E-state index contributed by atoms with van der Waals surface area (Å²) < 4.78 is 2.83. The highest BCUT2D eigenvalue weighted by molar-refractivity contribution is 7.99. The number of aryl methyl sites for hydroxylation is 1. The van der Waals surface area contributed by atoms with Gasteiger partial charge in [-0.25, -0.2) is 9.78 Å². The zero-order valence-corrected chi connectivity index (χ0v) is 11.6. The molecule has 0 aliphatic rings. The van der Waals surface area contributed by atoms with Gasteiger partial charge in [0.15, 0.2) is 16.3 Å². The number of nitrogens with zero attached hydrogens (tertiary/aromatic N) is 3. The van der Waals surface area contributed by atoms with Gasteiger partial charge in [-0.1, -0.05) is 17.8 Å². The maximum atomic E-state index is 11.9. The Labute approximate surface area is 117 Å². The average molecular weight is 295 g/mol. The number of nitrogens with one attached hydrogen (secondary N) is 1. The first-order valence-corrected chi connectivity index (χ1v) is 6.65. The van der Waals surface area contributed by atoms with Crippen molar-refractivity contribution in [1.29, 1.82) is 0 Å². The van der Waals surface area contributed by atoms with E-state index in [0.717, 1.165) is 11.8 Å². The van der Waals surface area contributed by atoms with Crippen LogP contribution in [0.4, 0.5) is 0 Å². The second kappa shape index (κ2) is 5.37. The van der Waals surface area contributed by atoms with Crippen LogP contribution in [-0.4, -0.2) is 30.8 Å². The molecule has 0 aliphatic carbocycles. The number of primary amides is 1. The summed E-state index contributed by atoms with van der Waals surface area (Å²) in [5.41, 5.74) is 4.55. The maximum absolute atomic E-state index is 11.9. The lowest BCUT2D eigenvalue weighted by Gasteiger charge is -2.04. The number of hydrogen-bond acceptors (Lipinski definition) is 5. The summed E-state index contributed by atoms with van der Waals surface area (Å²) in [6.45, 7) is 3.95. The molecule has 8 nitrogen and oxygen atoms in total. The fourth-order valence-corrected chi connectivity index (χ4v) is 2.50. The van der Waals surface area contributed by atoms with Crippen molar-refractivity contribution >= 4 is 28.8 Å². The SMILES string of the molecule is C=CCn1c(SCC(N)=O)nc2c1c(=O)[nH]c(=O)n2C. The van der Waals surface area contributed by atoms with E-state index in [1.807, 2.05) is 0 Å². The molecule has 2 aromatic rings. The second-order valence-electron chi connectivity index (χ2n) is 4.04. The van der Waals surface area contributed by atoms with Crippen LogP contribution in [0, 0.1) is 0 Å². The molecular formula is C11H13N5O3S. The predicted octanol–water partition coefficient (Wildman–Crippen LogP) is -0.813. The summed E-state index contributed by atoms with van der Waals surface area (Å²) in [5, 5.41) is 0.436. The number of hydrogen-bond donors (Lipinski definition) is 2. The number of aromatic nitrogens is 4. The van der Waals surface area contributed by atoms with Crippen LogP contribution >= 0.6 is 11.8 Å². The third kappa shape index (κ3) is 2.39. The fraction of sp³-hybridized carbons (Fsp3) is 0.273. The van der Waals surface area contributed by atoms with Gasteiger partial charge >= 0.3 is 5.69 Å². The number of thioether (sulfide) groups is 1. The summed E-state index contributed by atoms with van der Waals surface area (Å²) in [7, 11) is 1.51. The van der Waals surface area contributed by atoms with Gasteiger partial charge in [0.1, 0.15) is 0 Å². The summed E-state index contributed by atoms with van der Waals surface area (Å²) >= 11 is 1.11. The Morgan fingerprint density at radius 1 is 1.55 bits per heavy atom. The molecular weight excluding hydrogens is 282 g/mol. The van der Waals surface area contributed by atoms with E-state index in [-0.39, 0.29) is 16.9 Å². The third-order valence-electron chi connectivity index (χ3n) is 2.63. The minimum atomic E-state index is -0.544. The number of aromatic amines is 1. The molecule has 3 N–H and O–H groups in total. The van der Waals surface area contributed by atoms with Crippen LogP contribution in [0.25, 0.3) is 11.2 Å². The van der Waals surface area contributed by atoms with Crippen molar-refractivity contribution in [3.05, 3.63) is 33.5 Å². The minimum absolute atomic E-state index is 0.0340. The molecule has 2 heterocycles. The topological polar surface area (TPSA) is 116 Å². The Morgan fingerprint density at radius 2 is 2.25 bits per heavy atom. The number of rotatable bonds is 5. The molecule has 1 amide bonds. The molecule has 0 bridgehead atoms. The van der Waals surface area contributed by atoms with Gasteiger partial charge < -0.3 is 10.3 Å². The lowest BCUT2D eigenvalue weighted by molar-refractivity contribution is -0.115. The van der Waals surface area contributed by atoms with Crippen molar-refractivity contribution in [2.45, 2.75) is 11.7 Å². The molecule has 0 saturated heterocycles. The summed E-state index contributed by atoms with van der Waals surface area (Å²) in [6.07, 6.45) is 1.60. The number of carbonyl (C=O) groups is 1. The molecule has 0 atom stereocenters. The molecule has 0 aliphatic heterocycles. The number of carbonyl (C=O) groups excluding carboxylic acids is 1. The monoisotopic (exact) mass is 295 g/mol. The highest BCUT2D eigenvalue weighted by atomic mass is 32.2. The highest BCUT2D eigenvalue weighted by Gasteiger charge is 2.17. The van der Waals surface area contributed by atoms with Crippen LogP contribution < -0.4 is 17.0 Å². The Balaban J connectivity index is 2.72. The average Bonchev–Trinajstić information content (AvgIpc) is 2.74. The standard InChI is InChI=1S/C11H13N5O3S/c1-3-4-16-7-8(13-11(16)20-5-6(12)17)15(2)10(19)14-9(7)18/h3H,1,4-5H2,2H3,(H2,12,17)(H,14,18,19). The lowest BCUT2D eigenvalue weighted by atomic mass is 10.5. The van der Waals surface area contributed by atoms with E-state index in [2.05, 4.69) is 16.5 Å². The van der Waals surface area contributed by atoms with Gasteiger partial charge in [0.05, 0.1) is 5.75 Å². The molecule has 0 spiro atoms. The summed E-state index contributed by atoms with van der Waals surface area (Å²) in [4.78, 5) is 40.8. The van der Waals surface area contributed by atoms with Gasteiger partial charge in [0, 0.05) is 13.6 Å². The predicted molar refractivity (Wildman–Crippen MR) is 75.7 cm³/mol. The number of amides is 1. The normalized spacial score (nSPS) is 10.8. The highest BCUT2D eigenvalue weighted by Crippen LogP contribution is 2.21. The van der Waals surface area contributed by atoms with E-state index in [1.54, 1.807) is 10.6 Å². The smallest absolute Gasteiger partial charge is 0.329 e. The number of H-pyrrole nitrogens is 1. The molecule has 20 heavy (non-hydrogen) atoms.